The van der Waals surface area contributed by atoms with Gasteiger partial charge in [-0.05, 0) is 31.5 Å². The van der Waals surface area contributed by atoms with E-state index in [9.17, 15) is 0 Å². The molecule has 0 spiro atoms. The molecule has 11 heavy (non-hydrogen) atoms. The molecule has 62 valence electrons. The zero-order chi connectivity index (χ0) is 7.94. The first-order valence-corrected chi connectivity index (χ1v) is 4.12. The molecule has 3 nitrogen and oxygen atoms in total. The van der Waals surface area contributed by atoms with Crippen molar-refractivity contribution in [3.63, 3.8) is 0 Å². The molecular weight excluding hydrogens is 138 g/mol. The van der Waals surface area contributed by atoms with Gasteiger partial charge in [-0.25, -0.2) is 0 Å². The van der Waals surface area contributed by atoms with E-state index in [1.54, 1.807) is 0 Å². The van der Waals surface area contributed by atoms with Crippen LogP contribution in [0.25, 0.3) is 0 Å². The van der Waals surface area contributed by atoms with E-state index < -0.39 is 0 Å². The van der Waals surface area contributed by atoms with Crippen LogP contribution in [0.1, 0.15) is 18.9 Å². The largest absolute Gasteiger partial charge is 0.316 e. The Balaban J connectivity index is 2.04. The average molecular weight is 153 g/mol. The van der Waals surface area contributed by atoms with Crippen molar-refractivity contribution in [3.8, 4) is 0 Å². The lowest BCUT2D eigenvalue weighted by molar-refractivity contribution is 0.671. The van der Waals surface area contributed by atoms with Crippen LogP contribution in [0.4, 0.5) is 0 Å². The maximum absolute atomic E-state index is 3.87. The van der Waals surface area contributed by atoms with Gasteiger partial charge in [0.05, 0.1) is 6.20 Å². The lowest BCUT2D eigenvalue weighted by Crippen LogP contribution is -2.17. The van der Waals surface area contributed by atoms with E-state index in [2.05, 4.69) is 22.4 Å². The summed E-state index contributed by atoms with van der Waals surface area (Å²) in [6.45, 7) is 4.33. The number of aromatic amines is 1. The minimum absolute atomic E-state index is 1.05. The summed E-state index contributed by atoms with van der Waals surface area (Å²) in [7, 11) is 0. The fourth-order valence-electron chi connectivity index (χ4n) is 0.949. The summed E-state index contributed by atoms with van der Waals surface area (Å²) in [4.78, 5) is 0. The molecule has 1 rings (SSSR count). The average Bonchev–Trinajstić information content (AvgIpc) is 2.50. The number of rotatable bonds is 5. The standard InChI is InChI=1S/C8H15N3/c1-2-4-9-5-3-8-6-10-11-7-8/h6-7,9H,2-5H2,1H3,(H,10,11). The van der Waals surface area contributed by atoms with E-state index in [1.807, 2.05) is 12.4 Å². The molecule has 0 saturated carbocycles. The third-order valence-corrected chi connectivity index (χ3v) is 1.57. The Labute approximate surface area is 67.2 Å². The Hall–Kier alpha value is -0.830. The van der Waals surface area contributed by atoms with Gasteiger partial charge in [-0.3, -0.25) is 5.10 Å². The Kier molecular flexibility index (Phi) is 3.69. The summed E-state index contributed by atoms with van der Waals surface area (Å²) < 4.78 is 0. The maximum atomic E-state index is 3.87. The summed E-state index contributed by atoms with van der Waals surface area (Å²) in [5, 5.41) is 9.99. The third-order valence-electron chi connectivity index (χ3n) is 1.57. The van der Waals surface area contributed by atoms with Crippen molar-refractivity contribution in [1.82, 2.24) is 15.5 Å². The number of nitrogens with zero attached hydrogens (tertiary/aromatic N) is 1. The molecule has 0 atom stereocenters. The summed E-state index contributed by atoms with van der Waals surface area (Å²) in [5.74, 6) is 0. The van der Waals surface area contributed by atoms with Crippen LogP contribution in [0.5, 0.6) is 0 Å². The van der Waals surface area contributed by atoms with Crippen LogP contribution in [0.15, 0.2) is 12.4 Å². The molecule has 1 aromatic rings. The van der Waals surface area contributed by atoms with Gasteiger partial charge >= 0.3 is 0 Å². The minimum atomic E-state index is 1.05. The number of nitrogens with one attached hydrogen (secondary N) is 2. The van der Waals surface area contributed by atoms with Gasteiger partial charge in [0.1, 0.15) is 0 Å². The highest BCUT2D eigenvalue weighted by molar-refractivity contribution is 5.02. The van der Waals surface area contributed by atoms with Gasteiger partial charge in [0, 0.05) is 6.20 Å². The molecule has 0 unspecified atom stereocenters. The SMILES string of the molecule is CCCNCCc1cn[nH]c1. The second-order valence-electron chi connectivity index (χ2n) is 2.61. The Morgan fingerprint density at radius 2 is 2.45 bits per heavy atom. The molecule has 1 aromatic heterocycles. The molecule has 0 aliphatic carbocycles. The predicted octanol–water partition coefficient (Wildman–Crippen LogP) is 0.952. The number of hydrogen-bond donors (Lipinski definition) is 2. The Morgan fingerprint density at radius 3 is 3.09 bits per heavy atom. The quantitative estimate of drug-likeness (QED) is 0.618. The van der Waals surface area contributed by atoms with E-state index in [1.165, 1.54) is 12.0 Å². The predicted molar refractivity (Wildman–Crippen MR) is 45.5 cm³/mol. The normalized spacial score (nSPS) is 10.3. The number of H-pyrrole nitrogens is 1. The van der Waals surface area contributed by atoms with Crippen LogP contribution < -0.4 is 5.32 Å². The van der Waals surface area contributed by atoms with Gasteiger partial charge in [0.2, 0.25) is 0 Å². The van der Waals surface area contributed by atoms with Crippen LogP contribution in [0, 0.1) is 0 Å². The van der Waals surface area contributed by atoms with Crippen molar-refractivity contribution in [2.75, 3.05) is 13.1 Å². The summed E-state index contributed by atoms with van der Waals surface area (Å²) >= 11 is 0. The molecular formula is C8H15N3. The van der Waals surface area contributed by atoms with Crippen molar-refractivity contribution in [2.45, 2.75) is 19.8 Å². The summed E-state index contributed by atoms with van der Waals surface area (Å²) in [6.07, 6.45) is 6.07. The van der Waals surface area contributed by atoms with Crippen LogP contribution in [-0.2, 0) is 6.42 Å². The van der Waals surface area contributed by atoms with Crippen molar-refractivity contribution >= 4 is 0 Å². The number of hydrogen-bond acceptors (Lipinski definition) is 2. The van der Waals surface area contributed by atoms with Gasteiger partial charge in [-0.15, -0.1) is 0 Å². The molecule has 0 aromatic carbocycles. The maximum Gasteiger partial charge on any atom is 0.0519 e. The molecule has 0 radical (unpaired) electrons. The smallest absolute Gasteiger partial charge is 0.0519 e. The molecule has 0 fully saturated rings. The van der Waals surface area contributed by atoms with Crippen LogP contribution >= 0.6 is 0 Å². The molecule has 1 heterocycles. The monoisotopic (exact) mass is 153 g/mol. The van der Waals surface area contributed by atoms with E-state index in [4.69, 9.17) is 0 Å². The van der Waals surface area contributed by atoms with Crippen LogP contribution in [0.2, 0.25) is 0 Å². The lowest BCUT2D eigenvalue weighted by atomic mass is 10.2. The molecule has 0 bridgehead atoms. The minimum Gasteiger partial charge on any atom is -0.316 e. The molecule has 2 N–H and O–H groups in total. The van der Waals surface area contributed by atoms with Gasteiger partial charge in [-0.1, -0.05) is 6.92 Å². The third kappa shape index (κ3) is 3.18. The first-order valence-electron chi connectivity index (χ1n) is 4.12. The lowest BCUT2D eigenvalue weighted by Gasteiger charge is -1.99. The van der Waals surface area contributed by atoms with E-state index in [0.29, 0.717) is 0 Å². The highest BCUT2D eigenvalue weighted by Gasteiger charge is 1.91. The summed E-state index contributed by atoms with van der Waals surface area (Å²) in [5.41, 5.74) is 1.27. The zero-order valence-corrected chi connectivity index (χ0v) is 6.93. The van der Waals surface area contributed by atoms with Gasteiger partial charge in [0.25, 0.3) is 0 Å². The Bertz CT molecular complexity index is 169. The summed E-state index contributed by atoms with van der Waals surface area (Å²) in [6, 6.07) is 0. The molecule has 0 saturated heterocycles. The van der Waals surface area contributed by atoms with Crippen LogP contribution in [-0.4, -0.2) is 23.3 Å². The Morgan fingerprint density at radius 1 is 1.55 bits per heavy atom. The fourth-order valence-corrected chi connectivity index (χ4v) is 0.949. The van der Waals surface area contributed by atoms with E-state index >= 15 is 0 Å². The molecule has 0 aliphatic heterocycles. The zero-order valence-electron chi connectivity index (χ0n) is 6.93. The number of aromatic nitrogens is 2. The van der Waals surface area contributed by atoms with Gasteiger partial charge in [0.15, 0.2) is 0 Å². The van der Waals surface area contributed by atoms with E-state index in [-0.39, 0.29) is 0 Å². The van der Waals surface area contributed by atoms with Gasteiger partial charge < -0.3 is 5.32 Å². The van der Waals surface area contributed by atoms with Crippen molar-refractivity contribution in [3.05, 3.63) is 18.0 Å². The second-order valence-corrected chi connectivity index (χ2v) is 2.61. The first kappa shape index (κ1) is 8.27. The topological polar surface area (TPSA) is 40.7 Å². The fraction of sp³-hybridized carbons (Fsp3) is 0.625. The van der Waals surface area contributed by atoms with Crippen molar-refractivity contribution in [2.24, 2.45) is 0 Å². The van der Waals surface area contributed by atoms with E-state index in [0.717, 1.165) is 19.5 Å². The molecule has 0 amide bonds. The highest BCUT2D eigenvalue weighted by atomic mass is 15.1. The van der Waals surface area contributed by atoms with Crippen molar-refractivity contribution < 1.29 is 0 Å². The van der Waals surface area contributed by atoms with Crippen molar-refractivity contribution in [1.29, 1.82) is 0 Å². The van der Waals surface area contributed by atoms with Crippen LogP contribution in [0.3, 0.4) is 0 Å². The van der Waals surface area contributed by atoms with Gasteiger partial charge in [-0.2, -0.15) is 5.10 Å². The molecule has 3 heteroatoms. The second kappa shape index (κ2) is 4.91. The highest BCUT2D eigenvalue weighted by Crippen LogP contribution is 1.92. The molecule has 0 aliphatic rings. The first-order chi connectivity index (χ1) is 5.43.